The van der Waals surface area contributed by atoms with E-state index in [9.17, 15) is 4.79 Å². The smallest absolute Gasteiger partial charge is 0.261 e. The molecular formula is C20H24ClNO3. The van der Waals surface area contributed by atoms with Crippen molar-refractivity contribution in [3.63, 3.8) is 0 Å². The molecule has 134 valence electrons. The highest BCUT2D eigenvalue weighted by molar-refractivity contribution is 6.30. The van der Waals surface area contributed by atoms with Crippen LogP contribution in [0.25, 0.3) is 0 Å². The van der Waals surface area contributed by atoms with Gasteiger partial charge >= 0.3 is 0 Å². The number of halogens is 1. The molecule has 0 saturated heterocycles. The Morgan fingerprint density at radius 3 is 2.52 bits per heavy atom. The third-order valence-corrected chi connectivity index (χ3v) is 3.97. The van der Waals surface area contributed by atoms with Crippen molar-refractivity contribution in [1.29, 1.82) is 0 Å². The maximum Gasteiger partial charge on any atom is 0.261 e. The van der Waals surface area contributed by atoms with Crippen molar-refractivity contribution in [3.8, 4) is 11.5 Å². The second-order valence-corrected chi connectivity index (χ2v) is 6.05. The van der Waals surface area contributed by atoms with Crippen molar-refractivity contribution in [2.75, 3.05) is 13.2 Å². The quantitative estimate of drug-likeness (QED) is 0.679. The van der Waals surface area contributed by atoms with E-state index >= 15 is 0 Å². The number of amides is 1. The summed E-state index contributed by atoms with van der Waals surface area (Å²) in [5, 5.41) is 3.42. The molecule has 0 unspecified atom stereocenters. The van der Waals surface area contributed by atoms with E-state index in [-0.39, 0.29) is 5.91 Å². The molecule has 0 aromatic heterocycles. The zero-order chi connectivity index (χ0) is 18.1. The minimum absolute atomic E-state index is 0.160. The van der Waals surface area contributed by atoms with E-state index in [1.807, 2.05) is 31.2 Å². The van der Waals surface area contributed by atoms with Gasteiger partial charge in [-0.05, 0) is 48.7 Å². The predicted molar refractivity (Wildman–Crippen MR) is 100 cm³/mol. The summed E-state index contributed by atoms with van der Waals surface area (Å²) in [5.74, 6) is 1.22. The summed E-state index contributed by atoms with van der Waals surface area (Å²) >= 11 is 5.93. The molecule has 1 N–H and O–H groups in total. The average Bonchev–Trinajstić information content (AvgIpc) is 2.63. The van der Waals surface area contributed by atoms with Gasteiger partial charge in [-0.3, -0.25) is 4.79 Å². The van der Waals surface area contributed by atoms with Gasteiger partial charge in [-0.1, -0.05) is 43.6 Å². The normalized spacial score (nSPS) is 11.6. The monoisotopic (exact) mass is 361 g/mol. The van der Waals surface area contributed by atoms with Crippen LogP contribution >= 0.6 is 11.6 Å². The van der Waals surface area contributed by atoms with Crippen LogP contribution in [0.2, 0.25) is 5.02 Å². The molecule has 0 aliphatic heterocycles. The van der Waals surface area contributed by atoms with Gasteiger partial charge in [0.1, 0.15) is 18.1 Å². The molecule has 0 spiro atoms. The molecular weight excluding hydrogens is 338 g/mol. The van der Waals surface area contributed by atoms with E-state index in [1.54, 1.807) is 24.3 Å². The average molecular weight is 362 g/mol. The van der Waals surface area contributed by atoms with Gasteiger partial charge < -0.3 is 14.8 Å². The Balaban J connectivity index is 1.75. The summed E-state index contributed by atoms with van der Waals surface area (Å²) in [6.45, 7) is 4.84. The molecule has 0 heterocycles. The Kier molecular flexibility index (Phi) is 7.61. The van der Waals surface area contributed by atoms with E-state index in [0.29, 0.717) is 30.3 Å². The molecule has 2 aromatic rings. The lowest BCUT2D eigenvalue weighted by molar-refractivity contribution is -0.128. The molecule has 0 aliphatic rings. The third kappa shape index (κ3) is 6.31. The lowest BCUT2D eigenvalue weighted by Gasteiger charge is -2.17. The van der Waals surface area contributed by atoms with Crippen LogP contribution in [0.3, 0.4) is 0 Å². The Morgan fingerprint density at radius 1 is 1.12 bits per heavy atom. The van der Waals surface area contributed by atoms with E-state index < -0.39 is 6.10 Å². The molecule has 0 aliphatic carbocycles. The summed E-state index contributed by atoms with van der Waals surface area (Å²) < 4.78 is 11.3. The van der Waals surface area contributed by atoms with Crippen molar-refractivity contribution in [3.05, 3.63) is 59.1 Å². The minimum Gasteiger partial charge on any atom is -0.492 e. The van der Waals surface area contributed by atoms with Gasteiger partial charge in [-0.25, -0.2) is 0 Å². The third-order valence-electron chi connectivity index (χ3n) is 3.74. The highest BCUT2D eigenvalue weighted by atomic mass is 35.5. The van der Waals surface area contributed by atoms with Crippen molar-refractivity contribution in [1.82, 2.24) is 5.32 Å². The maximum atomic E-state index is 12.2. The van der Waals surface area contributed by atoms with Crippen molar-refractivity contribution < 1.29 is 14.3 Å². The number of carbonyl (C=O) groups is 1. The van der Waals surface area contributed by atoms with Crippen LogP contribution in [0, 0.1) is 0 Å². The Labute approximate surface area is 154 Å². The molecule has 2 rings (SSSR count). The fourth-order valence-corrected chi connectivity index (χ4v) is 2.49. The molecule has 25 heavy (non-hydrogen) atoms. The number of hydrogen-bond acceptors (Lipinski definition) is 3. The molecule has 2 aromatic carbocycles. The zero-order valence-corrected chi connectivity index (χ0v) is 15.4. The van der Waals surface area contributed by atoms with Gasteiger partial charge in [0.05, 0.1) is 6.54 Å². The maximum absolute atomic E-state index is 12.2. The molecule has 1 atom stereocenters. The first kappa shape index (κ1) is 19.1. The zero-order valence-electron chi connectivity index (χ0n) is 14.6. The summed E-state index contributed by atoms with van der Waals surface area (Å²) in [6.07, 6.45) is 1.02. The Bertz CT molecular complexity index is 673. The van der Waals surface area contributed by atoms with Crippen LogP contribution in [0.15, 0.2) is 48.5 Å². The topological polar surface area (TPSA) is 47.6 Å². The van der Waals surface area contributed by atoms with Gasteiger partial charge in [-0.2, -0.15) is 0 Å². The van der Waals surface area contributed by atoms with Gasteiger partial charge in [0.25, 0.3) is 5.91 Å². The van der Waals surface area contributed by atoms with Gasteiger partial charge in [0.2, 0.25) is 0 Å². The first-order valence-electron chi connectivity index (χ1n) is 8.54. The Hall–Kier alpha value is -2.20. The highest BCUT2D eigenvalue weighted by Crippen LogP contribution is 2.19. The SMILES string of the molecule is CCc1ccc(OCCNC(=O)[C@H](CC)Oc2cccc(Cl)c2)cc1. The highest BCUT2D eigenvalue weighted by Gasteiger charge is 2.17. The van der Waals surface area contributed by atoms with E-state index in [2.05, 4.69) is 12.2 Å². The Morgan fingerprint density at radius 2 is 1.88 bits per heavy atom. The van der Waals surface area contributed by atoms with Crippen LogP contribution in [0.4, 0.5) is 0 Å². The summed E-state index contributed by atoms with van der Waals surface area (Å²) in [6, 6.07) is 15.0. The molecule has 0 saturated carbocycles. The second kappa shape index (κ2) is 9.94. The van der Waals surface area contributed by atoms with Gasteiger partial charge in [0.15, 0.2) is 6.10 Å². The lowest BCUT2D eigenvalue weighted by atomic mass is 10.2. The molecule has 0 radical (unpaired) electrons. The van der Waals surface area contributed by atoms with Crippen LogP contribution in [-0.2, 0) is 11.2 Å². The molecule has 1 amide bonds. The van der Waals surface area contributed by atoms with Gasteiger partial charge in [0, 0.05) is 5.02 Å². The van der Waals surface area contributed by atoms with Crippen molar-refractivity contribution >= 4 is 17.5 Å². The lowest BCUT2D eigenvalue weighted by Crippen LogP contribution is -2.39. The second-order valence-electron chi connectivity index (χ2n) is 5.61. The first-order valence-corrected chi connectivity index (χ1v) is 8.91. The van der Waals surface area contributed by atoms with Crippen molar-refractivity contribution in [2.24, 2.45) is 0 Å². The number of nitrogens with one attached hydrogen (secondary N) is 1. The summed E-state index contributed by atoms with van der Waals surface area (Å²) in [7, 11) is 0. The summed E-state index contributed by atoms with van der Waals surface area (Å²) in [5.41, 5.74) is 1.27. The minimum atomic E-state index is -0.553. The number of ether oxygens (including phenoxy) is 2. The molecule has 0 fully saturated rings. The number of carbonyl (C=O) groups excluding carboxylic acids is 1. The van der Waals surface area contributed by atoms with E-state index in [0.717, 1.165) is 12.2 Å². The largest absolute Gasteiger partial charge is 0.492 e. The van der Waals surface area contributed by atoms with Crippen LogP contribution in [0.5, 0.6) is 11.5 Å². The van der Waals surface area contributed by atoms with Crippen LogP contribution < -0.4 is 14.8 Å². The fourth-order valence-electron chi connectivity index (χ4n) is 2.31. The van der Waals surface area contributed by atoms with Crippen LogP contribution in [-0.4, -0.2) is 25.2 Å². The van der Waals surface area contributed by atoms with Crippen molar-refractivity contribution in [2.45, 2.75) is 32.8 Å². The number of rotatable bonds is 9. The van der Waals surface area contributed by atoms with Crippen LogP contribution in [0.1, 0.15) is 25.8 Å². The fraction of sp³-hybridized carbons (Fsp3) is 0.350. The number of hydrogen-bond donors (Lipinski definition) is 1. The van der Waals surface area contributed by atoms with E-state index in [1.165, 1.54) is 5.56 Å². The molecule has 0 bridgehead atoms. The molecule has 5 heteroatoms. The number of aryl methyl sites for hydroxylation is 1. The first-order chi connectivity index (χ1) is 12.1. The molecule has 4 nitrogen and oxygen atoms in total. The predicted octanol–water partition coefficient (Wildman–Crippen LogP) is 4.26. The standard InChI is InChI=1S/C20H24ClNO3/c1-3-15-8-10-17(11-9-15)24-13-12-22-20(23)19(4-2)25-18-7-5-6-16(21)14-18/h5-11,14,19H,3-4,12-13H2,1-2H3,(H,22,23)/t19-/m0/s1. The van der Waals surface area contributed by atoms with E-state index in [4.69, 9.17) is 21.1 Å². The van der Waals surface area contributed by atoms with Gasteiger partial charge in [-0.15, -0.1) is 0 Å². The number of benzene rings is 2. The summed E-state index contributed by atoms with van der Waals surface area (Å²) in [4.78, 5) is 12.2.